The Balaban J connectivity index is 0.000000382. The molecule has 12 heteroatoms. The van der Waals surface area contributed by atoms with E-state index in [0.29, 0.717) is 76.0 Å². The van der Waals surface area contributed by atoms with Crippen LogP contribution in [0.3, 0.4) is 0 Å². The van der Waals surface area contributed by atoms with Gasteiger partial charge in [-0.2, -0.15) is 0 Å². The molecular formula is C39H57N3O9. The number of nitrogen functional groups attached to an aromatic ring is 3. The van der Waals surface area contributed by atoms with Gasteiger partial charge in [-0.15, -0.1) is 0 Å². The predicted molar refractivity (Wildman–Crippen MR) is 200 cm³/mol. The van der Waals surface area contributed by atoms with Crippen LogP contribution in [0.2, 0.25) is 0 Å². The molecule has 0 radical (unpaired) electrons. The van der Waals surface area contributed by atoms with Gasteiger partial charge >= 0.3 is 17.9 Å². The number of hydrogen-bond acceptors (Lipinski definition) is 12. The number of anilines is 3. The number of ether oxygens (including phenoxy) is 6. The molecule has 3 atom stereocenters. The topological polar surface area (TPSA) is 185 Å². The van der Waals surface area contributed by atoms with Crippen molar-refractivity contribution in [2.45, 2.75) is 79.1 Å². The zero-order valence-corrected chi connectivity index (χ0v) is 30.9. The number of esters is 3. The average molecular weight is 712 g/mol. The number of hydrogen-bond donors (Lipinski definition) is 3. The molecule has 0 fully saturated rings. The van der Waals surface area contributed by atoms with Crippen LogP contribution >= 0.6 is 0 Å². The van der Waals surface area contributed by atoms with Crippen LogP contribution in [0, 0.1) is 0 Å². The largest absolute Gasteiger partial charge is 0.464 e. The van der Waals surface area contributed by atoms with E-state index in [1.165, 1.54) is 0 Å². The van der Waals surface area contributed by atoms with E-state index in [1.54, 1.807) is 20.8 Å². The van der Waals surface area contributed by atoms with Gasteiger partial charge in [-0.25, -0.2) is 14.4 Å². The van der Waals surface area contributed by atoms with Gasteiger partial charge in [-0.3, -0.25) is 0 Å². The van der Waals surface area contributed by atoms with Crippen molar-refractivity contribution in [3.8, 4) is 0 Å². The minimum absolute atomic E-state index is 0.314. The fraction of sp³-hybridized carbons (Fsp3) is 0.462. The highest BCUT2D eigenvalue weighted by molar-refractivity contribution is 5.76. The number of carbonyl (C=O) groups is 3. The van der Waals surface area contributed by atoms with E-state index in [2.05, 4.69) is 0 Å². The zero-order chi connectivity index (χ0) is 38.0. The lowest BCUT2D eigenvalue weighted by atomic mass is 10.1. The molecule has 0 amide bonds. The SMILES string of the molecule is CCOC(=O)C(Cc1ccc(N)cc1)OCC.CCOC(=O)C(Cc1ccc(N)cc1)OCC.CCOC(=O)C(Cc1ccc(N)cc1)OCC. The van der Waals surface area contributed by atoms with Gasteiger partial charge in [0.05, 0.1) is 19.8 Å². The van der Waals surface area contributed by atoms with Gasteiger partial charge in [0, 0.05) is 56.1 Å². The molecule has 0 bridgehead atoms. The molecule has 0 aromatic heterocycles. The van der Waals surface area contributed by atoms with E-state index < -0.39 is 18.3 Å². The minimum Gasteiger partial charge on any atom is -0.464 e. The second-order valence-corrected chi connectivity index (χ2v) is 10.9. The molecule has 0 aliphatic carbocycles. The lowest BCUT2D eigenvalue weighted by molar-refractivity contribution is -0.157. The smallest absolute Gasteiger partial charge is 0.335 e. The van der Waals surface area contributed by atoms with Gasteiger partial charge in [0.15, 0.2) is 18.3 Å². The second-order valence-electron chi connectivity index (χ2n) is 10.9. The first-order chi connectivity index (χ1) is 24.5. The Kier molecular flexibility index (Phi) is 22.8. The van der Waals surface area contributed by atoms with E-state index in [0.717, 1.165) is 16.7 Å². The Morgan fingerprint density at radius 3 is 0.804 bits per heavy atom. The van der Waals surface area contributed by atoms with Crippen LogP contribution < -0.4 is 17.2 Å². The molecule has 282 valence electrons. The van der Waals surface area contributed by atoms with Crippen molar-refractivity contribution in [1.29, 1.82) is 0 Å². The van der Waals surface area contributed by atoms with Crippen molar-refractivity contribution in [2.24, 2.45) is 0 Å². The standard InChI is InChI=1S/3C13H19NO3/c3*1-3-16-12(13(15)17-4-2)9-10-5-7-11(14)8-6-10/h3*5-8,12H,3-4,9,14H2,1-2H3. The number of carbonyl (C=O) groups excluding carboxylic acids is 3. The molecule has 3 unspecified atom stereocenters. The first-order valence-corrected chi connectivity index (χ1v) is 17.4. The minimum atomic E-state index is -0.538. The summed E-state index contributed by atoms with van der Waals surface area (Å²) in [5.41, 5.74) is 21.9. The lowest BCUT2D eigenvalue weighted by Crippen LogP contribution is -2.28. The Morgan fingerprint density at radius 2 is 0.627 bits per heavy atom. The van der Waals surface area contributed by atoms with Gasteiger partial charge in [0.1, 0.15) is 0 Å². The van der Waals surface area contributed by atoms with Gasteiger partial charge in [0.25, 0.3) is 0 Å². The van der Waals surface area contributed by atoms with Crippen LogP contribution in [0.1, 0.15) is 58.2 Å². The number of nitrogens with two attached hydrogens (primary N) is 3. The molecule has 3 aromatic rings. The molecule has 0 saturated carbocycles. The normalized spacial score (nSPS) is 12.1. The quantitative estimate of drug-likeness (QED) is 0.0876. The Bertz CT molecular complexity index is 1210. The molecule has 0 aliphatic rings. The summed E-state index contributed by atoms with van der Waals surface area (Å²) in [6.07, 6.45) is -0.0944. The molecule has 3 rings (SSSR count). The molecule has 0 saturated heterocycles. The second kappa shape index (κ2) is 26.2. The monoisotopic (exact) mass is 711 g/mol. The predicted octanol–water partition coefficient (Wildman–Crippen LogP) is 5.34. The van der Waals surface area contributed by atoms with Crippen LogP contribution in [0.4, 0.5) is 17.1 Å². The molecule has 0 aliphatic heterocycles. The van der Waals surface area contributed by atoms with Gasteiger partial charge in [-0.1, -0.05) is 36.4 Å². The lowest BCUT2D eigenvalue weighted by Gasteiger charge is -2.15. The summed E-state index contributed by atoms with van der Waals surface area (Å²) in [6, 6.07) is 22.2. The van der Waals surface area contributed by atoms with Crippen LogP contribution in [-0.2, 0) is 62.1 Å². The maximum atomic E-state index is 11.6. The van der Waals surface area contributed by atoms with Gasteiger partial charge in [-0.05, 0) is 94.6 Å². The summed E-state index contributed by atoms with van der Waals surface area (Å²) < 4.78 is 31.0. The maximum absolute atomic E-state index is 11.6. The fourth-order valence-electron chi connectivity index (χ4n) is 4.54. The molecule has 51 heavy (non-hydrogen) atoms. The molecule has 12 nitrogen and oxygen atoms in total. The molecule has 6 N–H and O–H groups in total. The van der Waals surface area contributed by atoms with Gasteiger partial charge < -0.3 is 45.6 Å². The van der Waals surface area contributed by atoms with Crippen molar-refractivity contribution in [3.63, 3.8) is 0 Å². The molecular weight excluding hydrogens is 654 g/mol. The third-order valence-electron chi connectivity index (χ3n) is 6.95. The summed E-state index contributed by atoms with van der Waals surface area (Å²) in [7, 11) is 0. The highest BCUT2D eigenvalue weighted by Gasteiger charge is 2.22. The Labute approximate surface area is 302 Å². The molecule has 3 aromatic carbocycles. The highest BCUT2D eigenvalue weighted by atomic mass is 16.6. The number of rotatable bonds is 18. The van der Waals surface area contributed by atoms with Crippen LogP contribution in [0.5, 0.6) is 0 Å². The van der Waals surface area contributed by atoms with Crippen molar-refractivity contribution in [1.82, 2.24) is 0 Å². The average Bonchev–Trinajstić information content (AvgIpc) is 3.11. The summed E-state index contributed by atoms with van der Waals surface area (Å²) in [6.45, 7) is 13.5. The van der Waals surface area contributed by atoms with E-state index in [9.17, 15) is 14.4 Å². The van der Waals surface area contributed by atoms with Crippen molar-refractivity contribution in [3.05, 3.63) is 89.5 Å². The van der Waals surface area contributed by atoms with E-state index >= 15 is 0 Å². The summed E-state index contributed by atoms with van der Waals surface area (Å²) in [4.78, 5) is 34.9. The molecule has 0 heterocycles. The summed E-state index contributed by atoms with van der Waals surface area (Å²) >= 11 is 0. The summed E-state index contributed by atoms with van der Waals surface area (Å²) in [5.74, 6) is -0.941. The van der Waals surface area contributed by atoms with Crippen LogP contribution in [-0.4, -0.2) is 75.9 Å². The Morgan fingerprint density at radius 1 is 0.412 bits per heavy atom. The highest BCUT2D eigenvalue weighted by Crippen LogP contribution is 2.13. The van der Waals surface area contributed by atoms with Crippen LogP contribution in [0.15, 0.2) is 72.8 Å². The first kappa shape index (κ1) is 44.4. The third-order valence-corrected chi connectivity index (χ3v) is 6.95. The van der Waals surface area contributed by atoms with Crippen molar-refractivity contribution < 1.29 is 42.8 Å². The third kappa shape index (κ3) is 18.8. The van der Waals surface area contributed by atoms with Crippen molar-refractivity contribution in [2.75, 3.05) is 56.8 Å². The van der Waals surface area contributed by atoms with E-state index in [4.69, 9.17) is 45.6 Å². The maximum Gasteiger partial charge on any atom is 0.335 e. The van der Waals surface area contributed by atoms with Gasteiger partial charge in [0.2, 0.25) is 0 Å². The van der Waals surface area contributed by atoms with E-state index in [-0.39, 0.29) is 17.9 Å². The zero-order valence-electron chi connectivity index (χ0n) is 30.9. The number of benzene rings is 3. The van der Waals surface area contributed by atoms with E-state index in [1.807, 2.05) is 93.6 Å². The Hall–Kier alpha value is -4.65. The first-order valence-electron chi connectivity index (χ1n) is 17.4. The van der Waals surface area contributed by atoms with Crippen molar-refractivity contribution >= 4 is 35.0 Å². The molecule has 0 spiro atoms. The fourth-order valence-corrected chi connectivity index (χ4v) is 4.54. The van der Waals surface area contributed by atoms with Crippen LogP contribution in [0.25, 0.3) is 0 Å². The summed E-state index contributed by atoms with van der Waals surface area (Å²) in [5, 5.41) is 0.